The molecule has 1 aromatic carbocycles. The van der Waals surface area contributed by atoms with Gasteiger partial charge < -0.3 is 10.2 Å². The van der Waals surface area contributed by atoms with Crippen LogP contribution >= 0.6 is 15.9 Å². The van der Waals surface area contributed by atoms with Gasteiger partial charge >= 0.3 is 0 Å². The SMILES string of the molecule is CCCCc1c(O)c(O)c(Br)c(CCCC)c1CCCC. The number of benzene rings is 1. The van der Waals surface area contributed by atoms with E-state index < -0.39 is 0 Å². The van der Waals surface area contributed by atoms with E-state index in [0.717, 1.165) is 63.4 Å². The third kappa shape index (κ3) is 4.64. The summed E-state index contributed by atoms with van der Waals surface area (Å²) in [5, 5.41) is 20.6. The largest absolute Gasteiger partial charge is 0.504 e. The zero-order chi connectivity index (χ0) is 15.8. The summed E-state index contributed by atoms with van der Waals surface area (Å²) in [5.74, 6) is 0.106. The number of halogens is 1. The summed E-state index contributed by atoms with van der Waals surface area (Å²) in [6.07, 6.45) is 9.43. The quantitative estimate of drug-likeness (QED) is 0.541. The zero-order valence-electron chi connectivity index (χ0n) is 13.6. The molecule has 3 heteroatoms. The van der Waals surface area contributed by atoms with Crippen molar-refractivity contribution in [2.75, 3.05) is 0 Å². The lowest BCUT2D eigenvalue weighted by atomic mass is 9.90. The lowest BCUT2D eigenvalue weighted by Crippen LogP contribution is -2.04. The number of hydrogen-bond donors (Lipinski definition) is 2. The summed E-state index contributed by atoms with van der Waals surface area (Å²) in [7, 11) is 0. The molecule has 2 N–H and O–H groups in total. The van der Waals surface area contributed by atoms with Gasteiger partial charge in [-0.05, 0) is 65.6 Å². The molecular formula is C18H29BrO2. The van der Waals surface area contributed by atoms with Crippen LogP contribution in [0.2, 0.25) is 0 Å². The van der Waals surface area contributed by atoms with E-state index in [2.05, 4.69) is 36.7 Å². The molecule has 0 fully saturated rings. The van der Waals surface area contributed by atoms with Gasteiger partial charge in [-0.15, -0.1) is 0 Å². The van der Waals surface area contributed by atoms with E-state index in [1.54, 1.807) is 0 Å². The highest BCUT2D eigenvalue weighted by atomic mass is 79.9. The predicted molar refractivity (Wildman–Crippen MR) is 93.3 cm³/mol. The second-order valence-corrected chi connectivity index (χ2v) is 6.55. The van der Waals surface area contributed by atoms with E-state index in [1.807, 2.05) is 0 Å². The van der Waals surface area contributed by atoms with Crippen molar-refractivity contribution in [2.45, 2.75) is 78.6 Å². The van der Waals surface area contributed by atoms with Crippen LogP contribution in [0.1, 0.15) is 76.0 Å². The van der Waals surface area contributed by atoms with Crippen LogP contribution in [-0.2, 0) is 19.3 Å². The van der Waals surface area contributed by atoms with Gasteiger partial charge in [0.1, 0.15) is 0 Å². The molecule has 0 unspecified atom stereocenters. The van der Waals surface area contributed by atoms with Gasteiger partial charge in [-0.3, -0.25) is 0 Å². The van der Waals surface area contributed by atoms with E-state index in [4.69, 9.17) is 0 Å². The Morgan fingerprint density at radius 3 is 1.57 bits per heavy atom. The van der Waals surface area contributed by atoms with Crippen molar-refractivity contribution in [3.63, 3.8) is 0 Å². The first kappa shape index (κ1) is 18.3. The van der Waals surface area contributed by atoms with Crippen LogP contribution < -0.4 is 0 Å². The lowest BCUT2D eigenvalue weighted by molar-refractivity contribution is 0.394. The van der Waals surface area contributed by atoms with Gasteiger partial charge in [0.2, 0.25) is 0 Å². The Bertz CT molecular complexity index is 420. The van der Waals surface area contributed by atoms with E-state index in [0.29, 0.717) is 4.47 Å². The van der Waals surface area contributed by atoms with Crippen LogP contribution in [-0.4, -0.2) is 10.2 Å². The van der Waals surface area contributed by atoms with Gasteiger partial charge in [-0.1, -0.05) is 40.0 Å². The highest BCUT2D eigenvalue weighted by Crippen LogP contribution is 2.43. The van der Waals surface area contributed by atoms with Crippen molar-refractivity contribution in [3.8, 4) is 11.5 Å². The molecule has 1 aromatic rings. The molecule has 0 aliphatic heterocycles. The molecule has 0 heterocycles. The smallest absolute Gasteiger partial charge is 0.172 e. The Kier molecular flexibility index (Phi) is 8.16. The Morgan fingerprint density at radius 2 is 1.10 bits per heavy atom. The molecule has 0 aromatic heterocycles. The third-order valence-corrected chi connectivity index (χ3v) is 4.91. The highest BCUT2D eigenvalue weighted by molar-refractivity contribution is 9.10. The molecule has 0 radical (unpaired) electrons. The minimum atomic E-state index is 0.0208. The first-order valence-electron chi connectivity index (χ1n) is 8.32. The molecule has 0 saturated carbocycles. The van der Waals surface area contributed by atoms with Gasteiger partial charge in [0.25, 0.3) is 0 Å². The van der Waals surface area contributed by atoms with Crippen LogP contribution in [0.5, 0.6) is 11.5 Å². The fraction of sp³-hybridized carbons (Fsp3) is 0.667. The number of aromatic hydroxyl groups is 2. The molecule has 2 nitrogen and oxygen atoms in total. The molecule has 1 rings (SSSR count). The average Bonchev–Trinajstić information content (AvgIpc) is 2.49. The molecule has 0 bridgehead atoms. The summed E-state index contributed by atoms with van der Waals surface area (Å²) in [6.45, 7) is 6.52. The Hall–Kier alpha value is -0.700. The molecule has 0 atom stereocenters. The second-order valence-electron chi connectivity index (χ2n) is 5.76. The van der Waals surface area contributed by atoms with E-state index >= 15 is 0 Å². The minimum Gasteiger partial charge on any atom is -0.504 e. The van der Waals surface area contributed by atoms with Gasteiger partial charge in [0, 0.05) is 5.56 Å². The summed E-state index contributed by atoms with van der Waals surface area (Å²) in [6, 6.07) is 0. The lowest BCUT2D eigenvalue weighted by Gasteiger charge is -2.20. The van der Waals surface area contributed by atoms with E-state index in [-0.39, 0.29) is 11.5 Å². The van der Waals surface area contributed by atoms with E-state index in [1.165, 1.54) is 11.1 Å². The number of hydrogen-bond acceptors (Lipinski definition) is 2. The maximum absolute atomic E-state index is 10.4. The number of phenolic OH excluding ortho intramolecular Hbond substituents is 2. The molecular weight excluding hydrogens is 328 g/mol. The molecule has 0 aliphatic rings. The van der Waals surface area contributed by atoms with Crippen LogP contribution in [0.3, 0.4) is 0 Å². The van der Waals surface area contributed by atoms with Crippen molar-refractivity contribution in [3.05, 3.63) is 21.2 Å². The van der Waals surface area contributed by atoms with Crippen LogP contribution in [0, 0.1) is 0 Å². The fourth-order valence-electron chi connectivity index (χ4n) is 2.74. The van der Waals surface area contributed by atoms with Crippen molar-refractivity contribution < 1.29 is 10.2 Å². The van der Waals surface area contributed by atoms with Gasteiger partial charge in [-0.25, -0.2) is 0 Å². The van der Waals surface area contributed by atoms with Crippen LogP contribution in [0.25, 0.3) is 0 Å². The van der Waals surface area contributed by atoms with Gasteiger partial charge in [0.15, 0.2) is 11.5 Å². The molecule has 21 heavy (non-hydrogen) atoms. The topological polar surface area (TPSA) is 40.5 Å². The Labute approximate surface area is 137 Å². The summed E-state index contributed by atoms with van der Waals surface area (Å²) in [5.41, 5.74) is 3.43. The van der Waals surface area contributed by atoms with Crippen molar-refractivity contribution in [1.29, 1.82) is 0 Å². The zero-order valence-corrected chi connectivity index (χ0v) is 15.2. The summed E-state index contributed by atoms with van der Waals surface area (Å²) in [4.78, 5) is 0. The second kappa shape index (κ2) is 9.34. The maximum atomic E-state index is 10.4. The fourth-order valence-corrected chi connectivity index (χ4v) is 3.37. The normalized spacial score (nSPS) is 11.0. The standard InChI is InChI=1S/C18H29BrO2/c1-4-7-10-13-14(11-8-5-2)16(19)18(21)17(20)15(13)12-9-6-3/h20-21H,4-12H2,1-3H3. The Balaban J connectivity index is 3.32. The third-order valence-electron chi connectivity index (χ3n) is 4.05. The van der Waals surface area contributed by atoms with Crippen molar-refractivity contribution in [1.82, 2.24) is 0 Å². The summed E-state index contributed by atoms with van der Waals surface area (Å²) < 4.78 is 0.694. The number of unbranched alkanes of at least 4 members (excludes halogenated alkanes) is 3. The monoisotopic (exact) mass is 356 g/mol. The molecule has 0 saturated heterocycles. The average molecular weight is 357 g/mol. The van der Waals surface area contributed by atoms with Crippen LogP contribution in [0.4, 0.5) is 0 Å². The van der Waals surface area contributed by atoms with Crippen molar-refractivity contribution >= 4 is 15.9 Å². The molecule has 0 amide bonds. The first-order chi connectivity index (χ1) is 10.1. The summed E-state index contributed by atoms with van der Waals surface area (Å²) >= 11 is 3.50. The first-order valence-corrected chi connectivity index (χ1v) is 9.11. The maximum Gasteiger partial charge on any atom is 0.172 e. The van der Waals surface area contributed by atoms with E-state index in [9.17, 15) is 10.2 Å². The minimum absolute atomic E-state index is 0.0208. The molecule has 120 valence electrons. The van der Waals surface area contributed by atoms with Crippen molar-refractivity contribution in [2.24, 2.45) is 0 Å². The molecule has 0 spiro atoms. The van der Waals surface area contributed by atoms with Crippen LogP contribution in [0.15, 0.2) is 4.47 Å². The predicted octanol–water partition coefficient (Wildman–Crippen LogP) is 5.89. The van der Waals surface area contributed by atoms with Gasteiger partial charge in [0.05, 0.1) is 4.47 Å². The van der Waals surface area contributed by atoms with Gasteiger partial charge in [-0.2, -0.15) is 0 Å². The Morgan fingerprint density at radius 1 is 0.667 bits per heavy atom. The number of phenols is 2. The molecule has 0 aliphatic carbocycles. The highest BCUT2D eigenvalue weighted by Gasteiger charge is 2.21. The number of rotatable bonds is 9.